The third-order valence-electron chi connectivity index (χ3n) is 4.10. The Morgan fingerprint density at radius 3 is 3.00 bits per heavy atom. The van der Waals surface area contributed by atoms with Crippen molar-refractivity contribution < 1.29 is 23.5 Å². The van der Waals surface area contributed by atoms with Gasteiger partial charge in [-0.25, -0.2) is 14.2 Å². The lowest BCUT2D eigenvalue weighted by Crippen LogP contribution is -2.33. The second kappa shape index (κ2) is 8.01. The number of fused-ring (bicyclic) bond motifs is 3. The molecule has 0 spiro atoms. The molecule has 27 heavy (non-hydrogen) atoms. The van der Waals surface area contributed by atoms with Crippen LogP contribution in [0.4, 0.5) is 4.39 Å². The van der Waals surface area contributed by atoms with E-state index in [1.54, 1.807) is 11.5 Å². The van der Waals surface area contributed by atoms with E-state index in [-0.39, 0.29) is 50.1 Å². The van der Waals surface area contributed by atoms with Crippen molar-refractivity contribution in [2.24, 2.45) is 0 Å². The van der Waals surface area contributed by atoms with Crippen molar-refractivity contribution in [1.29, 1.82) is 0 Å². The van der Waals surface area contributed by atoms with Gasteiger partial charge in [-0.05, 0) is 25.1 Å². The van der Waals surface area contributed by atoms with Crippen molar-refractivity contribution in [1.82, 2.24) is 14.5 Å². The monoisotopic (exact) mass is 371 g/mol. The van der Waals surface area contributed by atoms with Gasteiger partial charge in [0, 0.05) is 6.54 Å². The van der Waals surface area contributed by atoms with Gasteiger partial charge in [-0.2, -0.15) is 0 Å². The molecule has 8 heteroatoms. The fourth-order valence-electron chi connectivity index (χ4n) is 2.90. The van der Waals surface area contributed by atoms with E-state index in [1.807, 2.05) is 0 Å². The van der Waals surface area contributed by atoms with E-state index >= 15 is 0 Å². The van der Waals surface area contributed by atoms with Gasteiger partial charge >= 0.3 is 5.97 Å². The summed E-state index contributed by atoms with van der Waals surface area (Å²) in [6.07, 6.45) is 6.59. The number of carbonyl (C=O) groups excluding carboxylic acids is 2. The fourth-order valence-corrected chi connectivity index (χ4v) is 2.90. The van der Waals surface area contributed by atoms with E-state index in [0.717, 1.165) is 0 Å². The Kier molecular flexibility index (Phi) is 5.52. The number of benzene rings is 1. The molecule has 0 bridgehead atoms. The Balaban J connectivity index is 2.03. The maximum Gasteiger partial charge on any atom is 0.358 e. The first-order chi connectivity index (χ1) is 13.1. The standard InChI is InChI=1S/C19H18FN3O4/c1-3-8-26-9-7-22-11-16-17(19(25)27-4-2)21-12-23(16)15-6-5-13(20)10-14(15)18(22)24/h1,5-6,10,12H,4,7-9,11H2,2H3. The number of aromatic nitrogens is 2. The van der Waals surface area contributed by atoms with Crippen molar-refractivity contribution in [3.05, 3.63) is 47.3 Å². The van der Waals surface area contributed by atoms with Gasteiger partial charge in [-0.1, -0.05) is 5.92 Å². The summed E-state index contributed by atoms with van der Waals surface area (Å²) >= 11 is 0. The molecule has 1 amide bonds. The number of amides is 1. The Morgan fingerprint density at radius 2 is 2.26 bits per heavy atom. The molecule has 1 aliphatic heterocycles. The van der Waals surface area contributed by atoms with E-state index < -0.39 is 11.8 Å². The molecule has 0 aliphatic carbocycles. The van der Waals surface area contributed by atoms with E-state index in [9.17, 15) is 14.0 Å². The molecule has 1 aromatic carbocycles. The van der Waals surface area contributed by atoms with Crippen molar-refractivity contribution in [3.8, 4) is 18.0 Å². The Bertz CT molecular complexity index is 916. The fraction of sp³-hybridized carbons (Fsp3) is 0.316. The van der Waals surface area contributed by atoms with Gasteiger partial charge in [0.05, 0.1) is 36.7 Å². The number of hydrogen-bond donors (Lipinski definition) is 0. The largest absolute Gasteiger partial charge is 0.461 e. The predicted molar refractivity (Wildman–Crippen MR) is 93.9 cm³/mol. The van der Waals surface area contributed by atoms with Crippen LogP contribution in [-0.2, 0) is 16.0 Å². The van der Waals surface area contributed by atoms with E-state index in [2.05, 4.69) is 10.9 Å². The summed E-state index contributed by atoms with van der Waals surface area (Å²) in [5, 5.41) is 0. The van der Waals surface area contributed by atoms with Crippen molar-refractivity contribution >= 4 is 11.9 Å². The molecule has 2 heterocycles. The molecule has 1 aromatic heterocycles. The van der Waals surface area contributed by atoms with Gasteiger partial charge in [-0.3, -0.25) is 9.36 Å². The average Bonchev–Trinajstić information content (AvgIpc) is 3.03. The summed E-state index contributed by atoms with van der Waals surface area (Å²) in [4.78, 5) is 30.8. The number of esters is 1. The van der Waals surface area contributed by atoms with Gasteiger partial charge in [0.25, 0.3) is 5.91 Å². The first-order valence-electron chi connectivity index (χ1n) is 8.40. The number of hydrogen-bond acceptors (Lipinski definition) is 5. The number of imidazole rings is 1. The molecular weight excluding hydrogens is 353 g/mol. The normalized spacial score (nSPS) is 12.8. The number of ether oxygens (including phenoxy) is 2. The van der Waals surface area contributed by atoms with Crippen LogP contribution < -0.4 is 0 Å². The zero-order valence-electron chi connectivity index (χ0n) is 14.8. The summed E-state index contributed by atoms with van der Waals surface area (Å²) in [5.41, 5.74) is 1.24. The SMILES string of the molecule is C#CCOCCN1Cc2c(C(=O)OCC)ncn2-c2ccc(F)cc2C1=O. The molecule has 0 fully saturated rings. The molecule has 3 rings (SSSR count). The topological polar surface area (TPSA) is 73.7 Å². The van der Waals surface area contributed by atoms with Crippen LogP contribution in [0.25, 0.3) is 5.69 Å². The minimum atomic E-state index is -0.576. The lowest BCUT2D eigenvalue weighted by Gasteiger charge is -2.20. The number of terminal acetylenes is 1. The highest BCUT2D eigenvalue weighted by Crippen LogP contribution is 2.27. The quantitative estimate of drug-likeness (QED) is 0.440. The summed E-state index contributed by atoms with van der Waals surface area (Å²) in [7, 11) is 0. The zero-order chi connectivity index (χ0) is 19.4. The predicted octanol–water partition coefficient (Wildman–Crippen LogP) is 1.79. The van der Waals surface area contributed by atoms with Crippen molar-refractivity contribution in [2.75, 3.05) is 26.4 Å². The van der Waals surface area contributed by atoms with Crippen LogP contribution in [0.15, 0.2) is 24.5 Å². The van der Waals surface area contributed by atoms with Crippen LogP contribution >= 0.6 is 0 Å². The molecule has 0 saturated carbocycles. The number of halogens is 1. The maximum atomic E-state index is 13.8. The van der Waals surface area contributed by atoms with E-state index in [4.69, 9.17) is 15.9 Å². The first-order valence-corrected chi connectivity index (χ1v) is 8.40. The van der Waals surface area contributed by atoms with Gasteiger partial charge in [0.2, 0.25) is 0 Å². The van der Waals surface area contributed by atoms with Crippen LogP contribution in [-0.4, -0.2) is 52.7 Å². The smallest absolute Gasteiger partial charge is 0.358 e. The Hall–Kier alpha value is -3.18. The highest BCUT2D eigenvalue weighted by Gasteiger charge is 2.30. The number of rotatable bonds is 6. The van der Waals surface area contributed by atoms with Crippen LogP contribution in [0.1, 0.15) is 33.5 Å². The van der Waals surface area contributed by atoms with Gasteiger partial charge < -0.3 is 14.4 Å². The lowest BCUT2D eigenvalue weighted by molar-refractivity contribution is 0.0512. The second-order valence-corrected chi connectivity index (χ2v) is 5.78. The van der Waals surface area contributed by atoms with E-state index in [1.165, 1.54) is 29.4 Å². The summed E-state index contributed by atoms with van der Waals surface area (Å²) in [6, 6.07) is 3.92. The number of carbonyl (C=O) groups is 2. The zero-order valence-corrected chi connectivity index (χ0v) is 14.8. The molecule has 140 valence electrons. The van der Waals surface area contributed by atoms with E-state index in [0.29, 0.717) is 11.4 Å². The Labute approximate surface area is 155 Å². The molecule has 0 unspecified atom stereocenters. The molecule has 2 aromatic rings. The minimum Gasteiger partial charge on any atom is -0.461 e. The highest BCUT2D eigenvalue weighted by molar-refractivity contribution is 5.99. The average molecular weight is 371 g/mol. The van der Waals surface area contributed by atoms with Crippen LogP contribution in [0.3, 0.4) is 0 Å². The molecule has 0 atom stereocenters. The van der Waals surface area contributed by atoms with Gasteiger partial charge in [-0.15, -0.1) is 6.42 Å². The lowest BCUT2D eigenvalue weighted by atomic mass is 10.1. The Morgan fingerprint density at radius 1 is 1.44 bits per heavy atom. The molecular formula is C19H18FN3O4. The summed E-state index contributed by atoms with van der Waals surface area (Å²) < 4.78 is 25.7. The second-order valence-electron chi connectivity index (χ2n) is 5.78. The molecule has 0 radical (unpaired) electrons. The molecule has 0 saturated heterocycles. The summed E-state index contributed by atoms with van der Waals surface area (Å²) in [5.74, 6) is 0.879. The maximum absolute atomic E-state index is 13.8. The van der Waals surface area contributed by atoms with Crippen molar-refractivity contribution in [3.63, 3.8) is 0 Å². The minimum absolute atomic E-state index is 0.0999. The van der Waals surface area contributed by atoms with Gasteiger partial charge in [0.15, 0.2) is 5.69 Å². The third-order valence-corrected chi connectivity index (χ3v) is 4.10. The first kappa shape index (κ1) is 18.6. The van der Waals surface area contributed by atoms with Crippen molar-refractivity contribution in [2.45, 2.75) is 13.5 Å². The summed E-state index contributed by atoms with van der Waals surface area (Å²) in [6.45, 7) is 2.56. The third kappa shape index (κ3) is 3.68. The van der Waals surface area contributed by atoms with Crippen LogP contribution in [0.5, 0.6) is 0 Å². The van der Waals surface area contributed by atoms with Crippen LogP contribution in [0, 0.1) is 18.2 Å². The molecule has 1 aliphatic rings. The van der Waals surface area contributed by atoms with Crippen LogP contribution in [0.2, 0.25) is 0 Å². The number of nitrogens with zero attached hydrogens (tertiary/aromatic N) is 3. The molecule has 0 N–H and O–H groups in total. The molecule has 7 nitrogen and oxygen atoms in total. The highest BCUT2D eigenvalue weighted by atomic mass is 19.1. The van der Waals surface area contributed by atoms with Gasteiger partial charge in [0.1, 0.15) is 18.8 Å².